The van der Waals surface area contributed by atoms with Crippen LogP contribution in [0.3, 0.4) is 0 Å². The summed E-state index contributed by atoms with van der Waals surface area (Å²) in [6, 6.07) is 0. The molecule has 8 atom stereocenters. The maximum Gasteiger partial charge on any atom is 0.472 e. The summed E-state index contributed by atoms with van der Waals surface area (Å²) >= 11 is 0. The lowest BCUT2D eigenvalue weighted by molar-refractivity contribution is -0.0214. The van der Waals surface area contributed by atoms with Crippen LogP contribution in [-0.4, -0.2) is 80.8 Å². The van der Waals surface area contributed by atoms with Gasteiger partial charge in [0.25, 0.3) is 0 Å². The van der Waals surface area contributed by atoms with Crippen molar-refractivity contribution >= 4 is 15.6 Å². The Morgan fingerprint density at radius 3 is 2.27 bits per heavy atom. The minimum absolute atomic E-state index is 0.332. The van der Waals surface area contributed by atoms with Crippen LogP contribution in [0.2, 0.25) is 0 Å². The number of rotatable bonds is 8. The molecule has 12 nitrogen and oxygen atoms in total. The van der Waals surface area contributed by atoms with E-state index in [0.717, 1.165) is 0 Å². The van der Waals surface area contributed by atoms with E-state index in [9.17, 15) is 24.2 Å². The average molecular weight is 422 g/mol. The van der Waals surface area contributed by atoms with Gasteiger partial charge in [-0.05, 0) is 13.3 Å². The highest BCUT2D eigenvalue weighted by molar-refractivity contribution is 7.47. The Morgan fingerprint density at radius 2 is 1.73 bits per heavy atom. The molecule has 26 heavy (non-hydrogen) atoms. The van der Waals surface area contributed by atoms with E-state index < -0.39 is 65.0 Å². The number of ether oxygens (including phenoxy) is 2. The Hall–Kier alpha value is 0.0600. The molecular formula is C12H24O12P2. The van der Waals surface area contributed by atoms with Crippen molar-refractivity contribution in [3.63, 3.8) is 0 Å². The smallest absolute Gasteiger partial charge is 0.388 e. The molecule has 2 heterocycles. The molecule has 2 aliphatic rings. The fourth-order valence-electron chi connectivity index (χ4n) is 2.83. The summed E-state index contributed by atoms with van der Waals surface area (Å²) in [5, 5.41) is 20.0. The summed E-state index contributed by atoms with van der Waals surface area (Å²) in [6.07, 6.45) is -6.78. The third kappa shape index (κ3) is 5.78. The molecule has 0 bridgehead atoms. The molecule has 2 aliphatic heterocycles. The van der Waals surface area contributed by atoms with Gasteiger partial charge >= 0.3 is 15.6 Å². The first kappa shape index (κ1) is 22.4. The fraction of sp³-hybridized carbons (Fsp3) is 1.00. The second kappa shape index (κ2) is 8.60. The van der Waals surface area contributed by atoms with E-state index >= 15 is 0 Å². The van der Waals surface area contributed by atoms with Crippen LogP contribution in [0.4, 0.5) is 0 Å². The van der Waals surface area contributed by atoms with Crippen LogP contribution in [0.25, 0.3) is 0 Å². The molecule has 14 heteroatoms. The van der Waals surface area contributed by atoms with Gasteiger partial charge in [0.15, 0.2) is 0 Å². The quantitative estimate of drug-likeness (QED) is 0.310. The molecule has 8 unspecified atom stereocenters. The third-order valence-corrected chi connectivity index (χ3v) is 5.67. The van der Waals surface area contributed by atoms with Crippen molar-refractivity contribution in [2.24, 2.45) is 0 Å². The van der Waals surface area contributed by atoms with Crippen molar-refractivity contribution in [2.75, 3.05) is 13.2 Å². The van der Waals surface area contributed by atoms with Crippen LogP contribution in [0.5, 0.6) is 0 Å². The summed E-state index contributed by atoms with van der Waals surface area (Å²) < 4.78 is 47.5. The predicted octanol–water partition coefficient (Wildman–Crippen LogP) is -0.716. The van der Waals surface area contributed by atoms with Crippen LogP contribution in [0.1, 0.15) is 20.3 Å². The van der Waals surface area contributed by atoms with Gasteiger partial charge in [-0.2, -0.15) is 0 Å². The number of phosphoric ester groups is 2. The van der Waals surface area contributed by atoms with Crippen molar-refractivity contribution in [3.8, 4) is 0 Å². The number of phosphoric acid groups is 2. The molecule has 0 amide bonds. The number of aliphatic hydroxyl groups excluding tert-OH is 2. The topological polar surface area (TPSA) is 181 Å². The monoisotopic (exact) mass is 422 g/mol. The molecular weight excluding hydrogens is 398 g/mol. The van der Waals surface area contributed by atoms with E-state index in [1.807, 2.05) is 0 Å². The van der Waals surface area contributed by atoms with Crippen molar-refractivity contribution in [3.05, 3.63) is 0 Å². The lowest BCUT2D eigenvalue weighted by Crippen LogP contribution is -2.35. The van der Waals surface area contributed by atoms with Crippen molar-refractivity contribution in [1.29, 1.82) is 0 Å². The van der Waals surface area contributed by atoms with Crippen LogP contribution in [-0.2, 0) is 32.2 Å². The van der Waals surface area contributed by atoms with E-state index in [-0.39, 0.29) is 6.61 Å². The second-order valence-electron chi connectivity index (χ2n) is 6.11. The van der Waals surface area contributed by atoms with Gasteiger partial charge in [0.2, 0.25) is 0 Å². The highest BCUT2D eigenvalue weighted by Gasteiger charge is 2.46. The molecule has 5 N–H and O–H groups in total. The van der Waals surface area contributed by atoms with Crippen LogP contribution < -0.4 is 0 Å². The largest absolute Gasteiger partial charge is 0.472 e. The van der Waals surface area contributed by atoms with Gasteiger partial charge in [0.05, 0.1) is 25.4 Å². The van der Waals surface area contributed by atoms with Gasteiger partial charge in [0, 0.05) is 0 Å². The highest BCUT2D eigenvalue weighted by atomic mass is 31.2. The average Bonchev–Trinajstić information content (AvgIpc) is 2.98. The lowest BCUT2D eigenvalue weighted by atomic mass is 10.1. The number of aliphatic hydroxyl groups is 2. The Labute approximate surface area is 149 Å². The molecule has 0 aromatic heterocycles. The SMILES string of the molecule is CCC1OC(C)C(OP(=O)(O)OCC2OCC(OP(=O)(O)O)C2O)C1O. The molecule has 154 valence electrons. The van der Waals surface area contributed by atoms with E-state index in [2.05, 4.69) is 4.52 Å². The second-order valence-corrected chi connectivity index (χ2v) is 8.71. The zero-order chi connectivity index (χ0) is 19.7. The predicted molar refractivity (Wildman–Crippen MR) is 83.9 cm³/mol. The van der Waals surface area contributed by atoms with Crippen LogP contribution in [0.15, 0.2) is 0 Å². The summed E-state index contributed by atoms with van der Waals surface area (Å²) in [4.78, 5) is 27.3. The normalized spacial score (nSPS) is 40.7. The third-order valence-electron chi connectivity index (χ3n) is 4.14. The van der Waals surface area contributed by atoms with Crippen LogP contribution in [0, 0.1) is 0 Å². The summed E-state index contributed by atoms with van der Waals surface area (Å²) in [6.45, 7) is 2.44. The standard InChI is InChI=1S/C12H24O12P2/c1-3-7-11(14)12(6(2)22-7)24-26(18,19)21-5-8-10(13)9(4-20-8)23-25(15,16)17/h6-14H,3-5H2,1-2H3,(H,18,19)(H2,15,16,17). The first-order chi connectivity index (χ1) is 11.9. The van der Waals surface area contributed by atoms with Gasteiger partial charge in [-0.1, -0.05) is 6.92 Å². The van der Waals surface area contributed by atoms with E-state index in [0.29, 0.717) is 6.42 Å². The Bertz CT molecular complexity index is 566. The van der Waals surface area contributed by atoms with Crippen molar-refractivity contribution < 1.29 is 57.1 Å². The maximum atomic E-state index is 12.1. The Kier molecular flexibility index (Phi) is 7.40. The van der Waals surface area contributed by atoms with E-state index in [1.165, 1.54) is 0 Å². The summed E-state index contributed by atoms with van der Waals surface area (Å²) in [5.41, 5.74) is 0. The van der Waals surface area contributed by atoms with Gasteiger partial charge in [-0.15, -0.1) is 0 Å². The molecule has 2 fully saturated rings. The van der Waals surface area contributed by atoms with Gasteiger partial charge < -0.3 is 34.4 Å². The van der Waals surface area contributed by atoms with Gasteiger partial charge in [-0.3, -0.25) is 13.6 Å². The Morgan fingerprint density at radius 1 is 1.08 bits per heavy atom. The minimum Gasteiger partial charge on any atom is -0.388 e. The number of hydrogen-bond acceptors (Lipinski definition) is 9. The molecule has 2 saturated heterocycles. The van der Waals surface area contributed by atoms with Crippen molar-refractivity contribution in [1.82, 2.24) is 0 Å². The molecule has 0 saturated carbocycles. The van der Waals surface area contributed by atoms with Gasteiger partial charge in [-0.25, -0.2) is 9.13 Å². The molecule has 0 radical (unpaired) electrons. The lowest BCUT2D eigenvalue weighted by Gasteiger charge is -2.23. The summed E-state index contributed by atoms with van der Waals surface area (Å²) in [5.74, 6) is 0. The molecule has 2 rings (SSSR count). The van der Waals surface area contributed by atoms with Crippen LogP contribution >= 0.6 is 15.6 Å². The maximum absolute atomic E-state index is 12.1. The summed E-state index contributed by atoms with van der Waals surface area (Å²) in [7, 11) is -9.44. The van der Waals surface area contributed by atoms with Gasteiger partial charge in [0.1, 0.15) is 30.5 Å². The molecule has 0 aromatic carbocycles. The van der Waals surface area contributed by atoms with E-state index in [4.69, 9.17) is 28.3 Å². The first-order valence-electron chi connectivity index (χ1n) is 7.96. The Balaban J connectivity index is 1.86. The first-order valence-corrected chi connectivity index (χ1v) is 11.0. The molecule has 0 aromatic rings. The van der Waals surface area contributed by atoms with Crippen molar-refractivity contribution in [2.45, 2.75) is 63.0 Å². The molecule has 0 spiro atoms. The molecule has 0 aliphatic carbocycles. The minimum atomic E-state index is -4.82. The zero-order valence-corrected chi connectivity index (χ0v) is 15.9. The number of hydrogen-bond donors (Lipinski definition) is 5. The fourth-order valence-corrected chi connectivity index (χ4v) is 4.37. The zero-order valence-electron chi connectivity index (χ0n) is 14.2. The van der Waals surface area contributed by atoms with E-state index in [1.54, 1.807) is 13.8 Å². The highest BCUT2D eigenvalue weighted by Crippen LogP contribution is 2.48.